The van der Waals surface area contributed by atoms with Gasteiger partial charge in [-0.3, -0.25) is 5.32 Å². The summed E-state index contributed by atoms with van der Waals surface area (Å²) in [5.41, 5.74) is -2.47. The Balaban J connectivity index is 3.30. The second-order valence-corrected chi connectivity index (χ2v) is 8.08. The Morgan fingerprint density at radius 2 is 1.83 bits per heavy atom. The summed E-state index contributed by atoms with van der Waals surface area (Å²) in [7, 11) is 0. The van der Waals surface area contributed by atoms with Crippen molar-refractivity contribution in [1.82, 2.24) is 4.72 Å². The van der Waals surface area contributed by atoms with E-state index >= 15 is 0 Å². The zero-order chi connectivity index (χ0) is 18.9. The first-order valence-corrected chi connectivity index (χ1v) is 7.97. The van der Waals surface area contributed by atoms with E-state index in [2.05, 4.69) is 4.72 Å². The first-order chi connectivity index (χ1) is 10.7. The van der Waals surface area contributed by atoms with E-state index in [0.29, 0.717) is 6.07 Å². The van der Waals surface area contributed by atoms with Gasteiger partial charge in [-0.05, 0) is 45.4 Å². The number of alkyl halides is 3. The van der Waals surface area contributed by atoms with Gasteiger partial charge in [-0.2, -0.15) is 13.2 Å². The number of carboxylic acid groups (broad SMARTS) is 1. The summed E-state index contributed by atoms with van der Waals surface area (Å²) in [6.45, 7) is 6.46. The molecule has 5 nitrogen and oxygen atoms in total. The van der Waals surface area contributed by atoms with Crippen molar-refractivity contribution in [3.63, 3.8) is 0 Å². The lowest BCUT2D eigenvalue weighted by molar-refractivity contribution is -0.140. The molecule has 1 aromatic carbocycles. The third-order valence-corrected chi connectivity index (χ3v) is 4.66. The van der Waals surface area contributed by atoms with Crippen molar-refractivity contribution < 1.29 is 32.0 Å². The van der Waals surface area contributed by atoms with E-state index in [1.807, 2.05) is 0 Å². The van der Waals surface area contributed by atoms with Crippen LogP contribution in [0.2, 0.25) is 0 Å². The second kappa shape index (κ2) is 7.16. The smallest absolute Gasteiger partial charge is 0.419 e. The molecule has 0 heterocycles. The first kappa shape index (κ1) is 20.5. The molecule has 0 radical (unpaired) electrons. The fourth-order valence-corrected chi connectivity index (χ4v) is 2.53. The molecule has 2 unspecified atom stereocenters. The van der Waals surface area contributed by atoms with Crippen molar-refractivity contribution in [2.45, 2.75) is 44.7 Å². The fourth-order valence-electron chi connectivity index (χ4n) is 1.71. The van der Waals surface area contributed by atoms with Gasteiger partial charge in [-0.1, -0.05) is 0 Å². The minimum absolute atomic E-state index is 0.0509. The molecule has 136 valence electrons. The van der Waals surface area contributed by atoms with E-state index in [1.54, 1.807) is 26.1 Å². The van der Waals surface area contributed by atoms with Crippen LogP contribution in [-0.2, 0) is 17.5 Å². The normalized spacial score (nSPS) is 15.0. The minimum atomic E-state index is -5.00. The lowest BCUT2D eigenvalue weighted by Gasteiger charge is -2.27. The molecule has 0 spiro atoms. The van der Waals surface area contributed by atoms with Crippen LogP contribution in [-0.4, -0.2) is 20.5 Å². The molecule has 1 rings (SSSR count). The lowest BCUT2D eigenvalue weighted by atomic mass is 10.0. The predicted octanol–water partition coefficient (Wildman–Crippen LogP) is 4.05. The Labute approximate surface area is 139 Å². The molecule has 2 atom stereocenters. The van der Waals surface area contributed by atoms with Crippen LogP contribution in [0.1, 0.15) is 44.9 Å². The fraction of sp³-hybridized carbons (Fsp3) is 0.500. The van der Waals surface area contributed by atoms with E-state index in [4.69, 9.17) is 5.11 Å². The molecule has 0 aromatic heterocycles. The number of anilines is 1. The molecule has 0 fully saturated rings. The first-order valence-electron chi connectivity index (χ1n) is 6.82. The average molecular weight is 370 g/mol. The van der Waals surface area contributed by atoms with Crippen LogP contribution in [0.3, 0.4) is 0 Å². The van der Waals surface area contributed by atoms with E-state index in [9.17, 15) is 26.9 Å². The van der Waals surface area contributed by atoms with Gasteiger partial charge in [-0.15, -0.1) is 4.72 Å². The molecular formula is C14H18F4N2O3S. The van der Waals surface area contributed by atoms with E-state index in [-0.39, 0.29) is 5.56 Å². The molecule has 0 aliphatic carbocycles. The average Bonchev–Trinajstić information content (AvgIpc) is 2.37. The molecule has 0 saturated heterocycles. The zero-order valence-electron chi connectivity index (χ0n) is 13.4. The van der Waals surface area contributed by atoms with E-state index < -0.39 is 51.5 Å². The Morgan fingerprint density at radius 3 is 2.25 bits per heavy atom. The molecule has 1 amide bonds. The maximum atomic E-state index is 13.9. The number of benzene rings is 1. The standard InChI is InChI=1S/C14H18F4N2O3S/c1-7(20-24(23)13(2,3)4)8-5-9(14(16,17)18)11(15)10(6-8)19-12(21)22/h5-7,19-20H,1-4H3,(H,21,22). The highest BCUT2D eigenvalue weighted by molar-refractivity contribution is 7.90. The van der Waals surface area contributed by atoms with Crippen LogP contribution < -0.4 is 10.0 Å². The van der Waals surface area contributed by atoms with Crippen molar-refractivity contribution >= 4 is 23.1 Å². The van der Waals surface area contributed by atoms with Crippen LogP contribution in [0, 0.1) is 5.82 Å². The van der Waals surface area contributed by atoms with Crippen LogP contribution >= 0.6 is 0 Å². The van der Waals surface area contributed by atoms with Gasteiger partial charge < -0.3 is 9.66 Å². The predicted molar refractivity (Wildman–Crippen MR) is 82.5 cm³/mol. The molecule has 0 aliphatic rings. The molecule has 0 saturated carbocycles. The summed E-state index contributed by atoms with van der Waals surface area (Å²) in [5, 5.41) is 10.2. The number of amides is 1. The van der Waals surface area contributed by atoms with Gasteiger partial charge in [0.05, 0.1) is 17.3 Å². The summed E-state index contributed by atoms with van der Waals surface area (Å²) < 4.78 is 66.8. The van der Waals surface area contributed by atoms with Crippen LogP contribution in [0.4, 0.5) is 28.0 Å². The van der Waals surface area contributed by atoms with Gasteiger partial charge in [0.15, 0.2) is 5.82 Å². The highest BCUT2D eigenvalue weighted by atomic mass is 32.2. The maximum Gasteiger partial charge on any atom is 0.419 e. The molecule has 10 heteroatoms. The summed E-state index contributed by atoms with van der Waals surface area (Å²) in [6, 6.07) is 0.678. The summed E-state index contributed by atoms with van der Waals surface area (Å²) >= 11 is -1.58. The van der Waals surface area contributed by atoms with E-state index in [0.717, 1.165) is 6.07 Å². The van der Waals surface area contributed by atoms with Crippen LogP contribution in [0.5, 0.6) is 0 Å². The number of hydrogen-bond donors (Lipinski definition) is 3. The molecule has 0 bridgehead atoms. The third kappa shape index (κ3) is 5.25. The molecule has 3 N–H and O–H groups in total. The number of hydrogen-bond acceptors (Lipinski definition) is 3. The van der Waals surface area contributed by atoms with Gasteiger partial charge >= 0.3 is 12.3 Å². The number of rotatable bonds is 4. The summed E-state index contributed by atoms with van der Waals surface area (Å²) in [5.74, 6) is -1.71. The minimum Gasteiger partial charge on any atom is -0.598 e. The summed E-state index contributed by atoms with van der Waals surface area (Å²) in [4.78, 5) is 10.6. The molecular weight excluding hydrogens is 352 g/mol. The maximum absolute atomic E-state index is 13.9. The Kier molecular flexibility index (Phi) is 6.12. The van der Waals surface area contributed by atoms with Crippen LogP contribution in [0.15, 0.2) is 12.1 Å². The SMILES string of the molecule is CC(N[S+]([O-])C(C)(C)C)c1cc(NC(=O)O)c(F)c(C(F)(F)F)c1. The Morgan fingerprint density at radius 1 is 1.29 bits per heavy atom. The highest BCUT2D eigenvalue weighted by Crippen LogP contribution is 2.36. The highest BCUT2D eigenvalue weighted by Gasteiger charge is 2.37. The lowest BCUT2D eigenvalue weighted by Crippen LogP contribution is -2.40. The summed E-state index contributed by atoms with van der Waals surface area (Å²) in [6.07, 6.45) is -6.70. The van der Waals surface area contributed by atoms with Crippen molar-refractivity contribution in [3.8, 4) is 0 Å². The van der Waals surface area contributed by atoms with Gasteiger partial charge in [0, 0.05) is 11.4 Å². The van der Waals surface area contributed by atoms with Crippen molar-refractivity contribution in [1.29, 1.82) is 0 Å². The van der Waals surface area contributed by atoms with Crippen molar-refractivity contribution in [3.05, 3.63) is 29.1 Å². The van der Waals surface area contributed by atoms with Gasteiger partial charge in [0.1, 0.15) is 4.75 Å². The zero-order valence-corrected chi connectivity index (χ0v) is 14.2. The van der Waals surface area contributed by atoms with E-state index in [1.165, 1.54) is 6.92 Å². The monoisotopic (exact) mass is 370 g/mol. The van der Waals surface area contributed by atoms with Crippen molar-refractivity contribution in [2.75, 3.05) is 5.32 Å². The van der Waals surface area contributed by atoms with Gasteiger partial charge in [0.2, 0.25) is 0 Å². The van der Waals surface area contributed by atoms with Crippen LogP contribution in [0.25, 0.3) is 0 Å². The third-order valence-electron chi connectivity index (χ3n) is 2.98. The number of carbonyl (C=O) groups is 1. The Bertz CT molecular complexity index is 617. The van der Waals surface area contributed by atoms with Gasteiger partial charge in [0.25, 0.3) is 0 Å². The molecule has 0 aliphatic heterocycles. The number of nitrogens with one attached hydrogen (secondary N) is 2. The number of halogens is 4. The molecule has 24 heavy (non-hydrogen) atoms. The topological polar surface area (TPSA) is 84.4 Å². The van der Waals surface area contributed by atoms with Crippen molar-refractivity contribution in [2.24, 2.45) is 0 Å². The largest absolute Gasteiger partial charge is 0.598 e. The second-order valence-electron chi connectivity index (χ2n) is 6.08. The molecule has 1 aromatic rings. The Hall–Kier alpha value is -1.52. The van der Waals surface area contributed by atoms with Gasteiger partial charge in [-0.25, -0.2) is 9.18 Å². The quantitative estimate of drug-likeness (QED) is 0.551.